The zero-order valence-electron chi connectivity index (χ0n) is 17.0. The van der Waals surface area contributed by atoms with Gasteiger partial charge in [-0.15, -0.1) is 0 Å². The number of aryl methyl sites for hydroxylation is 1. The Morgan fingerprint density at radius 1 is 0.935 bits per heavy atom. The monoisotopic (exact) mass is 427 g/mol. The van der Waals surface area contributed by atoms with Crippen LogP contribution in [0.1, 0.15) is 21.5 Å². The van der Waals surface area contributed by atoms with Crippen molar-refractivity contribution in [3.8, 4) is 11.6 Å². The molecule has 4 rings (SSSR count). The Hall–Kier alpha value is -3.64. The maximum absolute atomic E-state index is 12.5. The highest BCUT2D eigenvalue weighted by molar-refractivity contribution is 7.99. The zero-order valence-corrected chi connectivity index (χ0v) is 17.8. The number of rotatable bonds is 7. The van der Waals surface area contributed by atoms with Crippen LogP contribution in [0.3, 0.4) is 0 Å². The number of hydrogen-bond donors (Lipinski definition) is 1. The highest BCUT2D eigenvalue weighted by Gasteiger charge is 2.11. The van der Waals surface area contributed by atoms with E-state index in [2.05, 4.69) is 21.4 Å². The summed E-state index contributed by atoms with van der Waals surface area (Å²) in [6, 6.07) is 25.0. The highest BCUT2D eigenvalue weighted by atomic mass is 32.2. The molecule has 0 atom stereocenters. The third-order valence-corrected chi connectivity index (χ3v) is 5.44. The molecule has 0 aliphatic heterocycles. The Labute approximate surface area is 185 Å². The molecule has 0 radical (unpaired) electrons. The molecule has 0 saturated heterocycles. The molecule has 4 aromatic rings. The van der Waals surface area contributed by atoms with Crippen molar-refractivity contribution in [2.75, 3.05) is 0 Å². The van der Waals surface area contributed by atoms with Gasteiger partial charge >= 0.3 is 0 Å². The molecule has 0 fully saturated rings. The second-order valence-corrected chi connectivity index (χ2v) is 7.94. The molecule has 31 heavy (non-hydrogen) atoms. The van der Waals surface area contributed by atoms with Gasteiger partial charge < -0.3 is 10.1 Å². The van der Waals surface area contributed by atoms with Crippen molar-refractivity contribution in [3.63, 3.8) is 0 Å². The first kappa shape index (κ1) is 20.6. The maximum atomic E-state index is 12.5. The summed E-state index contributed by atoms with van der Waals surface area (Å²) in [5.41, 5.74) is 2.81. The van der Waals surface area contributed by atoms with Crippen LogP contribution in [0.4, 0.5) is 0 Å². The number of nitrogens with zero attached hydrogens (tertiary/aromatic N) is 2. The number of benzene rings is 3. The van der Waals surface area contributed by atoms with E-state index < -0.39 is 0 Å². The largest absolute Gasteiger partial charge is 0.437 e. The van der Waals surface area contributed by atoms with Gasteiger partial charge in [-0.05, 0) is 48.9 Å². The van der Waals surface area contributed by atoms with Crippen LogP contribution < -0.4 is 10.1 Å². The fourth-order valence-corrected chi connectivity index (χ4v) is 3.76. The lowest BCUT2D eigenvalue weighted by Gasteiger charge is -2.10. The summed E-state index contributed by atoms with van der Waals surface area (Å²) < 4.78 is 5.93. The van der Waals surface area contributed by atoms with E-state index in [1.807, 2.05) is 55.5 Å². The molecule has 1 N–H and O–H groups in total. The molecule has 6 heteroatoms. The normalized spacial score (nSPS) is 10.5. The summed E-state index contributed by atoms with van der Waals surface area (Å²) >= 11 is 1.48. The smallest absolute Gasteiger partial charge is 0.252 e. The van der Waals surface area contributed by atoms with E-state index in [0.29, 0.717) is 28.8 Å². The third kappa shape index (κ3) is 5.71. The van der Waals surface area contributed by atoms with Crippen molar-refractivity contribution >= 4 is 17.7 Å². The molecule has 0 unspecified atom stereocenters. The Balaban J connectivity index is 1.40. The van der Waals surface area contributed by atoms with Crippen LogP contribution in [-0.4, -0.2) is 15.9 Å². The van der Waals surface area contributed by atoms with Crippen LogP contribution in [0.5, 0.6) is 11.6 Å². The molecule has 1 aromatic heterocycles. The van der Waals surface area contributed by atoms with Gasteiger partial charge in [0.2, 0.25) is 0 Å². The molecule has 5 nitrogen and oxygen atoms in total. The van der Waals surface area contributed by atoms with E-state index >= 15 is 0 Å². The standard InChI is InChI=1S/C25H21N3O2S/c1-18-6-5-7-19(16-18)17-28-23(29)20-10-12-21(13-11-20)30-24-25(27-15-14-26-24)31-22-8-3-2-4-9-22/h2-16H,17H2,1H3,(H,28,29). The molecular formula is C25H21N3O2S. The minimum Gasteiger partial charge on any atom is -0.437 e. The van der Waals surface area contributed by atoms with E-state index in [9.17, 15) is 4.79 Å². The Kier molecular flexibility index (Phi) is 6.59. The second-order valence-electron chi connectivity index (χ2n) is 6.88. The fraction of sp³-hybridized carbons (Fsp3) is 0.0800. The van der Waals surface area contributed by atoms with Gasteiger partial charge in [-0.2, -0.15) is 0 Å². The lowest BCUT2D eigenvalue weighted by atomic mass is 10.1. The number of nitrogens with one attached hydrogen (secondary N) is 1. The summed E-state index contributed by atoms with van der Waals surface area (Å²) in [6.45, 7) is 2.52. The zero-order chi connectivity index (χ0) is 21.5. The molecule has 154 valence electrons. The lowest BCUT2D eigenvalue weighted by molar-refractivity contribution is 0.0951. The number of amides is 1. The van der Waals surface area contributed by atoms with Crippen LogP contribution in [0, 0.1) is 6.92 Å². The maximum Gasteiger partial charge on any atom is 0.252 e. The quantitative estimate of drug-likeness (QED) is 0.412. The molecule has 1 amide bonds. The van der Waals surface area contributed by atoms with Gasteiger partial charge in [-0.25, -0.2) is 9.97 Å². The number of hydrogen-bond acceptors (Lipinski definition) is 5. The predicted molar refractivity (Wildman–Crippen MR) is 121 cm³/mol. The van der Waals surface area contributed by atoms with E-state index in [1.54, 1.807) is 36.7 Å². The SMILES string of the molecule is Cc1cccc(CNC(=O)c2ccc(Oc3nccnc3Sc3ccccc3)cc2)c1. The minimum absolute atomic E-state index is 0.132. The van der Waals surface area contributed by atoms with Crippen molar-refractivity contribution in [2.24, 2.45) is 0 Å². The van der Waals surface area contributed by atoms with E-state index in [1.165, 1.54) is 17.3 Å². The topological polar surface area (TPSA) is 64.1 Å². The third-order valence-electron chi connectivity index (χ3n) is 4.46. The predicted octanol–water partition coefficient (Wildman–Crippen LogP) is 5.66. The first-order valence-corrected chi connectivity index (χ1v) is 10.6. The van der Waals surface area contributed by atoms with Gasteiger partial charge in [0.1, 0.15) is 5.75 Å². The molecular weight excluding hydrogens is 406 g/mol. The number of aromatic nitrogens is 2. The van der Waals surface area contributed by atoms with E-state index in [0.717, 1.165) is 10.5 Å². The lowest BCUT2D eigenvalue weighted by Crippen LogP contribution is -2.22. The average molecular weight is 428 g/mol. The molecule has 0 saturated carbocycles. The average Bonchev–Trinajstić information content (AvgIpc) is 2.80. The summed E-state index contributed by atoms with van der Waals surface area (Å²) in [6.07, 6.45) is 3.23. The summed E-state index contributed by atoms with van der Waals surface area (Å²) in [7, 11) is 0. The molecule has 0 aliphatic rings. The van der Waals surface area contributed by atoms with Crippen LogP contribution in [0.25, 0.3) is 0 Å². The van der Waals surface area contributed by atoms with Crippen LogP contribution in [0.15, 0.2) is 101 Å². The van der Waals surface area contributed by atoms with Gasteiger partial charge in [-0.3, -0.25) is 4.79 Å². The number of carbonyl (C=O) groups is 1. The fourth-order valence-electron chi connectivity index (χ4n) is 2.95. The first-order valence-electron chi connectivity index (χ1n) is 9.83. The van der Waals surface area contributed by atoms with Gasteiger partial charge in [0.05, 0.1) is 0 Å². The Morgan fingerprint density at radius 3 is 2.48 bits per heavy atom. The summed E-state index contributed by atoms with van der Waals surface area (Å²) in [5.74, 6) is 0.881. The Morgan fingerprint density at radius 2 is 1.71 bits per heavy atom. The highest BCUT2D eigenvalue weighted by Crippen LogP contribution is 2.33. The van der Waals surface area contributed by atoms with Gasteiger partial charge in [0, 0.05) is 29.4 Å². The van der Waals surface area contributed by atoms with Crippen LogP contribution in [0.2, 0.25) is 0 Å². The number of ether oxygens (including phenoxy) is 1. The molecule has 0 spiro atoms. The van der Waals surface area contributed by atoms with Crippen molar-refractivity contribution in [1.29, 1.82) is 0 Å². The summed E-state index contributed by atoms with van der Waals surface area (Å²) in [4.78, 5) is 22.2. The molecule has 0 aliphatic carbocycles. The van der Waals surface area contributed by atoms with Crippen molar-refractivity contribution < 1.29 is 9.53 Å². The van der Waals surface area contributed by atoms with Gasteiger partial charge in [0.25, 0.3) is 11.8 Å². The van der Waals surface area contributed by atoms with E-state index in [4.69, 9.17) is 4.74 Å². The van der Waals surface area contributed by atoms with Crippen LogP contribution >= 0.6 is 11.8 Å². The number of carbonyl (C=O) groups excluding carboxylic acids is 1. The van der Waals surface area contributed by atoms with Crippen molar-refractivity contribution in [3.05, 3.63) is 108 Å². The molecule has 3 aromatic carbocycles. The molecule has 1 heterocycles. The summed E-state index contributed by atoms with van der Waals surface area (Å²) in [5, 5.41) is 3.62. The molecule has 0 bridgehead atoms. The van der Waals surface area contributed by atoms with Gasteiger partial charge in [-0.1, -0.05) is 59.8 Å². The Bertz CT molecular complexity index is 1160. The van der Waals surface area contributed by atoms with Crippen molar-refractivity contribution in [2.45, 2.75) is 23.4 Å². The van der Waals surface area contributed by atoms with Crippen molar-refractivity contribution in [1.82, 2.24) is 15.3 Å². The van der Waals surface area contributed by atoms with Gasteiger partial charge in [0.15, 0.2) is 5.03 Å². The van der Waals surface area contributed by atoms with Crippen LogP contribution in [-0.2, 0) is 6.54 Å². The minimum atomic E-state index is -0.132. The van der Waals surface area contributed by atoms with E-state index in [-0.39, 0.29) is 5.91 Å². The second kappa shape index (κ2) is 9.91. The first-order chi connectivity index (χ1) is 15.2.